The highest BCUT2D eigenvalue weighted by Gasteiger charge is 2.31. The van der Waals surface area contributed by atoms with E-state index in [1.807, 2.05) is 11.0 Å². The zero-order chi connectivity index (χ0) is 20.4. The van der Waals surface area contributed by atoms with Gasteiger partial charge >= 0.3 is 11.9 Å². The van der Waals surface area contributed by atoms with E-state index in [1.165, 1.54) is 15.1 Å². The van der Waals surface area contributed by atoms with Crippen molar-refractivity contribution < 1.29 is 13.2 Å². The molecule has 0 unspecified atom stereocenters. The standard InChI is InChI=1S/C19H21F3N6O/c20-19(21,22)15-5-6-16(23-14-15)26-8-3-7-25(10-12-26)11-13-28-18(29)27-9-2-1-4-17(27)24-28/h1-2,4-6,9,14H,3,7-8,10-13H2. The molecule has 1 saturated heterocycles. The Labute approximate surface area is 165 Å². The molecule has 1 aliphatic rings. The van der Waals surface area contributed by atoms with E-state index in [4.69, 9.17) is 0 Å². The van der Waals surface area contributed by atoms with Gasteiger partial charge in [0.2, 0.25) is 0 Å². The largest absolute Gasteiger partial charge is 0.417 e. The Hall–Kier alpha value is -2.88. The van der Waals surface area contributed by atoms with Crippen molar-refractivity contribution in [3.8, 4) is 0 Å². The van der Waals surface area contributed by atoms with Gasteiger partial charge in [0.1, 0.15) is 5.82 Å². The molecule has 0 saturated carbocycles. The number of aromatic nitrogens is 4. The minimum atomic E-state index is -4.38. The lowest BCUT2D eigenvalue weighted by Crippen LogP contribution is -2.34. The number of alkyl halides is 3. The molecule has 4 heterocycles. The number of pyridine rings is 2. The van der Waals surface area contributed by atoms with Crippen LogP contribution in [0.1, 0.15) is 12.0 Å². The van der Waals surface area contributed by atoms with E-state index in [0.29, 0.717) is 31.1 Å². The second kappa shape index (κ2) is 7.86. The number of rotatable bonds is 4. The van der Waals surface area contributed by atoms with E-state index < -0.39 is 11.7 Å². The summed E-state index contributed by atoms with van der Waals surface area (Å²) in [6, 6.07) is 7.91. The number of hydrogen-bond acceptors (Lipinski definition) is 5. The molecule has 3 aromatic heterocycles. The molecule has 3 aromatic rings. The second-order valence-electron chi connectivity index (χ2n) is 7.02. The highest BCUT2D eigenvalue weighted by Crippen LogP contribution is 2.29. The first kappa shape index (κ1) is 19.4. The zero-order valence-corrected chi connectivity index (χ0v) is 15.7. The van der Waals surface area contributed by atoms with E-state index in [1.54, 1.807) is 18.3 Å². The molecule has 0 amide bonds. The lowest BCUT2D eigenvalue weighted by atomic mass is 10.2. The van der Waals surface area contributed by atoms with Gasteiger partial charge in [0.05, 0.1) is 12.1 Å². The van der Waals surface area contributed by atoms with Crippen molar-refractivity contribution >= 4 is 11.5 Å². The van der Waals surface area contributed by atoms with Gasteiger partial charge in [0.25, 0.3) is 0 Å². The molecule has 4 rings (SSSR count). The van der Waals surface area contributed by atoms with Crippen LogP contribution in [0.3, 0.4) is 0 Å². The van der Waals surface area contributed by atoms with Gasteiger partial charge in [-0.25, -0.2) is 14.5 Å². The summed E-state index contributed by atoms with van der Waals surface area (Å²) in [5, 5.41) is 4.34. The SMILES string of the molecule is O=c1n(CCN2CCCN(c3ccc(C(F)(F)F)cn3)CC2)nc2ccccn12. The van der Waals surface area contributed by atoms with Gasteiger partial charge in [-0.3, -0.25) is 9.30 Å². The van der Waals surface area contributed by atoms with Crippen molar-refractivity contribution in [2.75, 3.05) is 37.6 Å². The predicted molar refractivity (Wildman–Crippen MR) is 102 cm³/mol. The number of nitrogens with zero attached hydrogens (tertiary/aromatic N) is 6. The summed E-state index contributed by atoms with van der Waals surface area (Å²) in [7, 11) is 0. The number of anilines is 1. The van der Waals surface area contributed by atoms with Gasteiger partial charge in [-0.1, -0.05) is 6.07 Å². The minimum absolute atomic E-state index is 0.161. The number of fused-ring (bicyclic) bond motifs is 1. The first-order chi connectivity index (χ1) is 13.9. The Morgan fingerprint density at radius 3 is 2.59 bits per heavy atom. The molecular weight excluding hydrogens is 385 g/mol. The summed E-state index contributed by atoms with van der Waals surface area (Å²) in [5.41, 5.74) is -0.283. The molecule has 0 aliphatic carbocycles. The molecule has 0 spiro atoms. The molecule has 29 heavy (non-hydrogen) atoms. The van der Waals surface area contributed by atoms with Crippen LogP contribution in [0.2, 0.25) is 0 Å². The van der Waals surface area contributed by atoms with Crippen molar-refractivity contribution in [2.24, 2.45) is 0 Å². The molecule has 1 aliphatic heterocycles. The second-order valence-corrected chi connectivity index (χ2v) is 7.02. The van der Waals surface area contributed by atoms with Gasteiger partial charge < -0.3 is 4.90 Å². The Morgan fingerprint density at radius 2 is 1.86 bits per heavy atom. The molecule has 0 aromatic carbocycles. The third kappa shape index (κ3) is 4.26. The molecule has 154 valence electrons. The van der Waals surface area contributed by atoms with Gasteiger partial charge in [0.15, 0.2) is 5.65 Å². The van der Waals surface area contributed by atoms with Crippen LogP contribution in [0, 0.1) is 0 Å². The van der Waals surface area contributed by atoms with Crippen LogP contribution in [0.15, 0.2) is 47.5 Å². The number of halogens is 3. The van der Waals surface area contributed by atoms with Gasteiger partial charge in [0, 0.05) is 38.6 Å². The molecule has 0 atom stereocenters. The van der Waals surface area contributed by atoms with Gasteiger partial charge in [-0.05, 0) is 37.2 Å². The third-order valence-corrected chi connectivity index (χ3v) is 5.10. The predicted octanol–water partition coefficient (Wildman–Crippen LogP) is 2.12. The Morgan fingerprint density at radius 1 is 1.00 bits per heavy atom. The van der Waals surface area contributed by atoms with Crippen molar-refractivity contribution in [3.63, 3.8) is 0 Å². The lowest BCUT2D eigenvalue weighted by molar-refractivity contribution is -0.137. The van der Waals surface area contributed by atoms with Crippen molar-refractivity contribution in [3.05, 3.63) is 58.8 Å². The van der Waals surface area contributed by atoms with Crippen LogP contribution in [0.4, 0.5) is 19.0 Å². The molecule has 1 fully saturated rings. The van der Waals surface area contributed by atoms with Crippen LogP contribution in [0.5, 0.6) is 0 Å². The summed E-state index contributed by atoms with van der Waals surface area (Å²) in [4.78, 5) is 20.6. The van der Waals surface area contributed by atoms with Crippen molar-refractivity contribution in [1.82, 2.24) is 24.1 Å². The first-order valence-corrected chi connectivity index (χ1v) is 9.46. The molecular formula is C19H21F3N6O. The van der Waals surface area contributed by atoms with Crippen LogP contribution in [0.25, 0.3) is 5.65 Å². The maximum Gasteiger partial charge on any atom is 0.417 e. The maximum atomic E-state index is 12.7. The Bertz CT molecular complexity index is 1030. The van der Waals surface area contributed by atoms with Crippen molar-refractivity contribution in [2.45, 2.75) is 19.1 Å². The fourth-order valence-electron chi connectivity index (χ4n) is 3.51. The molecule has 0 N–H and O–H groups in total. The van der Waals surface area contributed by atoms with Crippen LogP contribution in [-0.2, 0) is 12.7 Å². The van der Waals surface area contributed by atoms with Gasteiger partial charge in [-0.15, -0.1) is 5.10 Å². The van der Waals surface area contributed by atoms with Crippen LogP contribution >= 0.6 is 0 Å². The summed E-state index contributed by atoms with van der Waals surface area (Å²) in [5.74, 6) is 0.552. The van der Waals surface area contributed by atoms with E-state index in [0.717, 1.165) is 38.3 Å². The average molecular weight is 406 g/mol. The lowest BCUT2D eigenvalue weighted by Gasteiger charge is -2.23. The fraction of sp³-hybridized carbons (Fsp3) is 0.421. The van der Waals surface area contributed by atoms with Gasteiger partial charge in [-0.2, -0.15) is 13.2 Å². The monoisotopic (exact) mass is 406 g/mol. The van der Waals surface area contributed by atoms with Crippen LogP contribution in [-0.4, -0.2) is 56.8 Å². The van der Waals surface area contributed by atoms with E-state index in [9.17, 15) is 18.0 Å². The van der Waals surface area contributed by atoms with Crippen LogP contribution < -0.4 is 10.6 Å². The van der Waals surface area contributed by atoms with E-state index >= 15 is 0 Å². The Kier molecular flexibility index (Phi) is 5.27. The summed E-state index contributed by atoms with van der Waals surface area (Å²) < 4.78 is 41.1. The quantitative estimate of drug-likeness (QED) is 0.664. The van der Waals surface area contributed by atoms with E-state index in [2.05, 4.69) is 15.0 Å². The molecule has 0 radical (unpaired) electrons. The first-order valence-electron chi connectivity index (χ1n) is 9.46. The summed E-state index contributed by atoms with van der Waals surface area (Å²) in [6.07, 6.45) is -0.935. The average Bonchev–Trinajstić information content (AvgIpc) is 2.88. The Balaban J connectivity index is 1.36. The zero-order valence-electron chi connectivity index (χ0n) is 15.7. The normalized spacial score (nSPS) is 16.3. The molecule has 7 nitrogen and oxygen atoms in total. The smallest absolute Gasteiger partial charge is 0.355 e. The molecule has 0 bridgehead atoms. The summed E-state index contributed by atoms with van der Waals surface area (Å²) in [6.45, 7) is 4.14. The fourth-order valence-corrected chi connectivity index (χ4v) is 3.51. The number of hydrogen-bond donors (Lipinski definition) is 0. The minimum Gasteiger partial charge on any atom is -0.355 e. The highest BCUT2D eigenvalue weighted by molar-refractivity contribution is 5.40. The van der Waals surface area contributed by atoms with E-state index in [-0.39, 0.29) is 5.69 Å². The van der Waals surface area contributed by atoms with Crippen molar-refractivity contribution in [1.29, 1.82) is 0 Å². The third-order valence-electron chi connectivity index (χ3n) is 5.10. The topological polar surface area (TPSA) is 58.7 Å². The maximum absolute atomic E-state index is 12.7. The molecule has 10 heteroatoms. The highest BCUT2D eigenvalue weighted by atomic mass is 19.4. The summed E-state index contributed by atoms with van der Waals surface area (Å²) >= 11 is 0.